The first kappa shape index (κ1) is 97.8. The molecule has 0 fully saturated rings. The summed E-state index contributed by atoms with van der Waals surface area (Å²) in [5.74, 6) is -26.4. The Balaban J connectivity index is 3.54. The van der Waals surface area contributed by atoms with Gasteiger partial charge in [0.15, 0.2) is 0 Å². The number of hydrogen-bond donors (Lipinski definition) is 23. The Bertz CT molecular complexity index is 3470. The number of carbonyl (C=O) groups is 19. The first-order chi connectivity index (χ1) is 51.5. The molecule has 1 aromatic rings. The summed E-state index contributed by atoms with van der Waals surface area (Å²) in [7, 11) is 0. The summed E-state index contributed by atoms with van der Waals surface area (Å²) in [4.78, 5) is 253. The Morgan fingerprint density at radius 3 is 1.04 bits per heavy atom. The number of primary amides is 2. The number of aliphatic carboxylic acids is 4. The molecular weight excluding hydrogens is 1470 g/mol. The Morgan fingerprint density at radius 1 is 0.351 bits per heavy atom. The van der Waals surface area contributed by atoms with Crippen LogP contribution in [0.4, 0.5) is 0 Å². The minimum atomic E-state index is -2.16. The van der Waals surface area contributed by atoms with Gasteiger partial charge in [0.25, 0.3) is 0 Å². The maximum Gasteiger partial charge on any atom is 0.326 e. The fraction of sp³-hybridized carbons (Fsp3) is 0.638. The van der Waals surface area contributed by atoms with Crippen LogP contribution in [-0.2, 0) is 97.5 Å². The summed E-state index contributed by atoms with van der Waals surface area (Å²) in [5.41, 5.74) is 16.9. The number of aliphatic hydroxyl groups is 2. The SMILES string of the molecule is CC[C@@H](C)[C@@H](NC(=O)[C@@H](CCC(=O)O)NC(=O)[C@@H](CCC(=O)O)NC(=O)[C@H](NC(=O)[C@@H](C)NC(=O)[C@@H](CC(N)=O)NC(=O)[C@@H](CC(N)=O)NC(=O)[C@@H](CC(=O)O)NC(=O)[C@H](NC(=O)[C@@H](CC(C)C)NC(=O)[C@@H](C)NC(=O)[C@H](N)[C@H](C)O)[C@H](C)CC)[C@H](C)O)C(=O)N[C@H](CC(C)C)C(=O)N[C@H](Cc1ccc(O)cc1)C(=O)O. The fourth-order valence-electron chi connectivity index (χ4n) is 10.5. The highest BCUT2D eigenvalue weighted by atomic mass is 16.4. The third-order valence-corrected chi connectivity index (χ3v) is 17.3. The van der Waals surface area contributed by atoms with Gasteiger partial charge in [-0.15, -0.1) is 0 Å². The third-order valence-electron chi connectivity index (χ3n) is 17.3. The van der Waals surface area contributed by atoms with E-state index in [4.69, 9.17) is 17.2 Å². The van der Waals surface area contributed by atoms with Crippen LogP contribution in [0.25, 0.3) is 0 Å². The number of benzene rings is 1. The summed E-state index contributed by atoms with van der Waals surface area (Å²) in [6, 6.07) is -18.8. The van der Waals surface area contributed by atoms with Gasteiger partial charge < -0.3 is 122 Å². The minimum absolute atomic E-state index is 0.0332. The molecule has 1 rings (SSSR count). The number of aliphatic hydroxyl groups excluding tert-OH is 2. The van der Waals surface area contributed by atoms with Crippen molar-refractivity contribution in [2.24, 2.45) is 40.9 Å². The van der Waals surface area contributed by atoms with Gasteiger partial charge in [-0.05, 0) is 94.7 Å². The summed E-state index contributed by atoms with van der Waals surface area (Å²) in [6.45, 7) is 17.5. The number of amides is 15. The highest BCUT2D eigenvalue weighted by Crippen LogP contribution is 2.17. The predicted molar refractivity (Wildman–Crippen MR) is 389 cm³/mol. The molecule has 0 heterocycles. The number of carbonyl (C=O) groups excluding carboxylic acids is 15. The quantitative estimate of drug-likeness (QED) is 0.0288. The molecule has 42 nitrogen and oxygen atoms in total. The molecule has 111 heavy (non-hydrogen) atoms. The van der Waals surface area contributed by atoms with Crippen molar-refractivity contribution in [1.82, 2.24) is 69.1 Å². The molecule has 26 N–H and O–H groups in total. The lowest BCUT2D eigenvalue weighted by atomic mass is 9.96. The molecule has 0 aliphatic carbocycles. The number of carboxylic acids is 4. The zero-order valence-electron chi connectivity index (χ0n) is 64.0. The van der Waals surface area contributed by atoms with E-state index in [1.165, 1.54) is 52.0 Å². The number of hydrogen-bond acceptors (Lipinski definition) is 23. The van der Waals surface area contributed by atoms with Crippen LogP contribution in [-0.4, -0.2) is 245 Å². The molecule has 0 saturated heterocycles. The van der Waals surface area contributed by atoms with Gasteiger partial charge in [-0.1, -0.05) is 80.4 Å². The molecule has 1 aromatic carbocycles. The zero-order chi connectivity index (χ0) is 85.2. The van der Waals surface area contributed by atoms with Crippen molar-refractivity contribution in [2.45, 2.75) is 257 Å². The van der Waals surface area contributed by atoms with Crippen LogP contribution >= 0.6 is 0 Å². The lowest BCUT2D eigenvalue weighted by molar-refractivity contribution is -0.142. The first-order valence-electron chi connectivity index (χ1n) is 35.8. The molecule has 42 heteroatoms. The van der Waals surface area contributed by atoms with Crippen LogP contribution in [0.5, 0.6) is 5.75 Å². The van der Waals surface area contributed by atoms with E-state index < -0.39 is 266 Å². The van der Waals surface area contributed by atoms with Crippen molar-refractivity contribution in [2.75, 3.05) is 0 Å². The second-order valence-corrected chi connectivity index (χ2v) is 28.0. The molecule has 0 aromatic heterocycles. The summed E-state index contributed by atoms with van der Waals surface area (Å²) >= 11 is 0. The minimum Gasteiger partial charge on any atom is -0.508 e. The third kappa shape index (κ3) is 35.8. The lowest BCUT2D eigenvalue weighted by Gasteiger charge is -2.30. The summed E-state index contributed by atoms with van der Waals surface area (Å²) in [6.07, 6.45) is -9.77. The van der Waals surface area contributed by atoms with Gasteiger partial charge in [0.05, 0.1) is 31.5 Å². The number of nitrogens with two attached hydrogens (primary N) is 3. The van der Waals surface area contributed by atoms with Gasteiger partial charge >= 0.3 is 23.9 Å². The molecule has 0 saturated carbocycles. The monoisotopic (exact) mass is 1580 g/mol. The van der Waals surface area contributed by atoms with Crippen LogP contribution in [0, 0.1) is 23.7 Å². The molecule has 0 aliphatic rings. The summed E-state index contributed by atoms with van der Waals surface area (Å²) in [5, 5.41) is 99.1. The fourth-order valence-corrected chi connectivity index (χ4v) is 10.5. The first-order valence-corrected chi connectivity index (χ1v) is 35.8. The Morgan fingerprint density at radius 2 is 0.658 bits per heavy atom. The lowest BCUT2D eigenvalue weighted by Crippen LogP contribution is -2.62. The number of phenolic OH excluding ortho intramolecular Hbond substituents is 1. The smallest absolute Gasteiger partial charge is 0.326 e. The second kappa shape index (κ2) is 47.7. The molecule has 0 aliphatic heterocycles. The molecule has 622 valence electrons. The molecule has 0 spiro atoms. The van der Waals surface area contributed by atoms with Crippen LogP contribution in [0.15, 0.2) is 24.3 Å². The van der Waals surface area contributed by atoms with Crippen LogP contribution < -0.4 is 86.3 Å². The number of nitrogens with one attached hydrogen (secondary N) is 13. The van der Waals surface area contributed by atoms with E-state index in [1.54, 1.807) is 41.5 Å². The van der Waals surface area contributed by atoms with E-state index in [9.17, 15) is 127 Å². The number of carboxylic acid groups (broad SMARTS) is 4. The Labute approximate surface area is 639 Å². The van der Waals surface area contributed by atoms with Gasteiger partial charge in [0.2, 0.25) is 88.6 Å². The maximum atomic E-state index is 14.2. The molecule has 0 bridgehead atoms. The Kier molecular flexibility index (Phi) is 42.0. The van der Waals surface area contributed by atoms with Crippen molar-refractivity contribution >= 4 is 112 Å². The van der Waals surface area contributed by atoms with Crippen LogP contribution in [0.1, 0.15) is 159 Å². The van der Waals surface area contributed by atoms with E-state index >= 15 is 0 Å². The van der Waals surface area contributed by atoms with E-state index in [-0.39, 0.29) is 49.7 Å². The predicted octanol–water partition coefficient (Wildman–Crippen LogP) is -6.41. The maximum absolute atomic E-state index is 14.2. The highest BCUT2D eigenvalue weighted by molar-refractivity contribution is 6.02. The molecule has 18 atom stereocenters. The van der Waals surface area contributed by atoms with Crippen molar-refractivity contribution in [3.63, 3.8) is 0 Å². The Hall–Kier alpha value is -11.2. The van der Waals surface area contributed by atoms with Crippen molar-refractivity contribution in [1.29, 1.82) is 0 Å². The van der Waals surface area contributed by atoms with Crippen LogP contribution in [0.2, 0.25) is 0 Å². The molecule has 0 unspecified atom stereocenters. The normalized spacial score (nSPS) is 16.0. The molecule has 0 radical (unpaired) electrons. The van der Waals surface area contributed by atoms with Gasteiger partial charge in [-0.25, -0.2) is 4.79 Å². The second-order valence-electron chi connectivity index (χ2n) is 28.0. The number of aromatic hydroxyl groups is 1. The molecular formula is C69H110N16O26. The van der Waals surface area contributed by atoms with Gasteiger partial charge in [0.1, 0.15) is 90.3 Å². The van der Waals surface area contributed by atoms with E-state index in [0.29, 0.717) is 5.56 Å². The number of phenols is 1. The van der Waals surface area contributed by atoms with E-state index in [1.807, 2.05) is 0 Å². The van der Waals surface area contributed by atoms with Gasteiger partial charge in [-0.2, -0.15) is 0 Å². The van der Waals surface area contributed by atoms with E-state index in [2.05, 4.69) is 69.1 Å². The largest absolute Gasteiger partial charge is 0.508 e. The standard InChI is InChI=1S/C69H110N16O26/c1-13-31(7)53(66(107)80-41(23-29(3)4)61(102)82-46(69(110)111)25-37-15-17-38(88)18-16-37)83-59(100)40(20-22-50(93)94)75-58(99)39(19-21-49(91)92)76-68(109)55(36(12)87)85-57(98)34(10)73-60(101)43(26-47(70)89)78-62(103)44(27-48(71)90)79-63(104)45(28-51(95)96)81-67(108)54(32(8)14-2)84-64(105)42(24-30(5)6)77-56(97)33(9)74-65(106)52(72)35(11)86/h15-18,29-36,39-46,52-55,86-88H,13-14,19-28,72H2,1-12H3,(H2,70,89)(H2,71,90)(H,73,101)(H,74,106)(H,75,99)(H,76,109)(H,77,97)(H,78,103)(H,79,104)(H,80,107)(H,81,108)(H,82,102)(H,83,100)(H,84,105)(H,85,98)(H,91,92)(H,93,94)(H,95,96)(H,110,111)/t31-,32-,33-,34-,35+,36+,39-,40-,41-,42-,43-,44-,45-,46-,52-,53-,54-,55-/m1/s1. The van der Waals surface area contributed by atoms with Crippen LogP contribution in [0.3, 0.4) is 0 Å². The molecule has 15 amide bonds. The van der Waals surface area contributed by atoms with Crippen molar-refractivity contribution in [3.8, 4) is 5.75 Å². The average Bonchev–Trinajstić information content (AvgIpc) is 0.841. The van der Waals surface area contributed by atoms with Gasteiger partial charge in [0, 0.05) is 19.3 Å². The zero-order valence-corrected chi connectivity index (χ0v) is 64.0. The average molecular weight is 1580 g/mol. The highest BCUT2D eigenvalue weighted by Gasteiger charge is 2.40. The van der Waals surface area contributed by atoms with E-state index in [0.717, 1.165) is 13.8 Å². The summed E-state index contributed by atoms with van der Waals surface area (Å²) < 4.78 is 0. The van der Waals surface area contributed by atoms with Crippen molar-refractivity contribution in [3.05, 3.63) is 29.8 Å². The topological polar surface area (TPSA) is 700 Å². The van der Waals surface area contributed by atoms with Gasteiger partial charge in [-0.3, -0.25) is 86.3 Å². The number of rotatable bonds is 51. The van der Waals surface area contributed by atoms with Crippen molar-refractivity contribution < 1.29 is 127 Å².